The van der Waals surface area contributed by atoms with Crippen molar-refractivity contribution >= 4 is 39.2 Å². The molecule has 9 heteroatoms. The molecule has 2 aromatic rings. The fourth-order valence-corrected chi connectivity index (χ4v) is 3.24. The van der Waals surface area contributed by atoms with Gasteiger partial charge in [0.1, 0.15) is 4.90 Å². The van der Waals surface area contributed by atoms with Crippen molar-refractivity contribution in [2.24, 2.45) is 0 Å². The fourth-order valence-electron chi connectivity index (χ4n) is 1.64. The normalized spacial score (nSPS) is 11.4. The van der Waals surface area contributed by atoms with E-state index in [1.807, 2.05) is 0 Å². The summed E-state index contributed by atoms with van der Waals surface area (Å²) in [6.45, 7) is 3.56. The van der Waals surface area contributed by atoms with Gasteiger partial charge in [0.05, 0.1) is 10.0 Å². The lowest BCUT2D eigenvalue weighted by molar-refractivity contribution is 0.587. The highest BCUT2D eigenvalue weighted by Crippen LogP contribution is 2.28. The van der Waals surface area contributed by atoms with Crippen LogP contribution in [0.25, 0.3) is 0 Å². The summed E-state index contributed by atoms with van der Waals surface area (Å²) in [5.41, 5.74) is 3.88. The number of halogens is 2. The van der Waals surface area contributed by atoms with Gasteiger partial charge < -0.3 is 0 Å². The summed E-state index contributed by atoms with van der Waals surface area (Å²) in [5.74, 6) is 0.147. The predicted molar refractivity (Wildman–Crippen MR) is 81.9 cm³/mol. The predicted octanol–water partition coefficient (Wildman–Crippen LogP) is 2.71. The first-order valence-electron chi connectivity index (χ1n) is 5.84. The van der Waals surface area contributed by atoms with E-state index in [1.165, 1.54) is 18.2 Å². The zero-order chi connectivity index (χ0) is 15.6. The lowest BCUT2D eigenvalue weighted by atomic mass is 10.4. The van der Waals surface area contributed by atoms with E-state index in [4.69, 9.17) is 23.2 Å². The van der Waals surface area contributed by atoms with Gasteiger partial charge in [-0.15, -0.1) is 4.83 Å². The average molecular weight is 347 g/mol. The maximum Gasteiger partial charge on any atom is 0.258 e. The molecule has 0 unspecified atom stereocenters. The third-order valence-electron chi connectivity index (χ3n) is 2.49. The van der Waals surface area contributed by atoms with Crippen LogP contribution in [-0.2, 0) is 10.0 Å². The highest BCUT2D eigenvalue weighted by Gasteiger charge is 2.19. The van der Waals surface area contributed by atoms with Crippen LogP contribution in [0.4, 0.5) is 5.95 Å². The van der Waals surface area contributed by atoms with Crippen molar-refractivity contribution in [2.45, 2.75) is 18.7 Å². The van der Waals surface area contributed by atoms with E-state index >= 15 is 0 Å². The monoisotopic (exact) mass is 346 g/mol. The Bertz CT molecular complexity index is 761. The van der Waals surface area contributed by atoms with Gasteiger partial charge in [0.2, 0.25) is 5.95 Å². The van der Waals surface area contributed by atoms with Gasteiger partial charge in [-0.3, -0.25) is 5.43 Å². The Morgan fingerprint density at radius 2 is 1.71 bits per heavy atom. The third-order valence-corrected chi connectivity index (χ3v) is 4.71. The first-order chi connectivity index (χ1) is 9.79. The molecule has 2 N–H and O–H groups in total. The van der Waals surface area contributed by atoms with Gasteiger partial charge in [0.25, 0.3) is 10.0 Å². The number of rotatable bonds is 4. The summed E-state index contributed by atoms with van der Waals surface area (Å²) in [5, 5.41) is 0.108. The van der Waals surface area contributed by atoms with Gasteiger partial charge in [-0.25, -0.2) is 18.4 Å². The summed E-state index contributed by atoms with van der Waals surface area (Å²) in [6.07, 6.45) is 0. The molecule has 1 aromatic carbocycles. The fraction of sp³-hybridized carbons (Fsp3) is 0.167. The minimum Gasteiger partial charge on any atom is -0.276 e. The molecule has 1 heterocycles. The zero-order valence-electron chi connectivity index (χ0n) is 11.2. The van der Waals surface area contributed by atoms with Gasteiger partial charge in [0.15, 0.2) is 0 Å². The van der Waals surface area contributed by atoms with Crippen molar-refractivity contribution in [2.75, 3.05) is 5.43 Å². The lowest BCUT2D eigenvalue weighted by Crippen LogP contribution is -2.30. The topological polar surface area (TPSA) is 84.0 Å². The van der Waals surface area contributed by atoms with Gasteiger partial charge in [-0.05, 0) is 32.0 Å². The summed E-state index contributed by atoms with van der Waals surface area (Å²) >= 11 is 11.7. The van der Waals surface area contributed by atoms with Crippen LogP contribution in [0, 0.1) is 13.8 Å². The van der Waals surface area contributed by atoms with Crippen LogP contribution in [0.3, 0.4) is 0 Å². The molecule has 0 saturated carbocycles. The van der Waals surface area contributed by atoms with Crippen molar-refractivity contribution in [3.05, 3.63) is 45.7 Å². The molecule has 0 aliphatic rings. The smallest absolute Gasteiger partial charge is 0.258 e. The number of hydrazine groups is 1. The van der Waals surface area contributed by atoms with Crippen molar-refractivity contribution in [1.29, 1.82) is 0 Å². The Hall–Kier alpha value is -1.41. The Balaban J connectivity index is 2.24. The number of nitrogens with one attached hydrogen (secondary N) is 2. The van der Waals surface area contributed by atoms with Gasteiger partial charge in [-0.1, -0.05) is 29.3 Å². The maximum atomic E-state index is 12.2. The van der Waals surface area contributed by atoms with Crippen molar-refractivity contribution in [3.8, 4) is 0 Å². The highest BCUT2D eigenvalue weighted by atomic mass is 35.5. The molecule has 0 bridgehead atoms. The molecule has 0 saturated heterocycles. The van der Waals surface area contributed by atoms with Gasteiger partial charge >= 0.3 is 0 Å². The number of aromatic nitrogens is 2. The number of aryl methyl sites for hydroxylation is 2. The van der Waals surface area contributed by atoms with Crippen LogP contribution in [-0.4, -0.2) is 18.4 Å². The van der Waals surface area contributed by atoms with Crippen LogP contribution >= 0.6 is 23.2 Å². The van der Waals surface area contributed by atoms with Crippen LogP contribution in [0.15, 0.2) is 29.2 Å². The van der Waals surface area contributed by atoms with E-state index in [0.29, 0.717) is 11.4 Å². The minimum atomic E-state index is -3.89. The molecule has 0 radical (unpaired) electrons. The second-order valence-corrected chi connectivity index (χ2v) is 6.69. The third kappa shape index (κ3) is 3.82. The Morgan fingerprint density at radius 3 is 2.33 bits per heavy atom. The molecule has 21 heavy (non-hydrogen) atoms. The first kappa shape index (κ1) is 16.0. The van der Waals surface area contributed by atoms with Gasteiger partial charge in [-0.2, -0.15) is 0 Å². The molecular weight excluding hydrogens is 335 g/mol. The summed E-state index contributed by atoms with van der Waals surface area (Å²) in [6, 6.07) is 6.12. The molecular formula is C12H12Cl2N4O2S. The second kappa shape index (κ2) is 6.15. The van der Waals surface area contributed by atoms with E-state index < -0.39 is 10.0 Å². The molecule has 0 aliphatic heterocycles. The van der Waals surface area contributed by atoms with Crippen LogP contribution in [0.2, 0.25) is 10.0 Å². The minimum absolute atomic E-state index is 0.0465. The van der Waals surface area contributed by atoms with E-state index in [-0.39, 0.29) is 20.9 Å². The number of benzene rings is 1. The molecule has 0 aliphatic carbocycles. The summed E-state index contributed by atoms with van der Waals surface area (Å²) < 4.78 is 24.4. The van der Waals surface area contributed by atoms with Crippen LogP contribution in [0.5, 0.6) is 0 Å². The molecule has 6 nitrogen and oxygen atoms in total. The van der Waals surface area contributed by atoms with E-state index in [0.717, 1.165) is 0 Å². The highest BCUT2D eigenvalue weighted by molar-refractivity contribution is 7.89. The summed E-state index contributed by atoms with van der Waals surface area (Å²) in [7, 11) is -3.89. The number of anilines is 1. The van der Waals surface area contributed by atoms with Crippen molar-refractivity contribution in [3.63, 3.8) is 0 Å². The SMILES string of the molecule is Cc1cc(C)nc(NNS(=O)(=O)c2cccc(Cl)c2Cl)n1. The van der Waals surface area contributed by atoms with Crippen LogP contribution < -0.4 is 10.3 Å². The molecule has 2 rings (SSSR count). The number of hydrogen-bond acceptors (Lipinski definition) is 5. The quantitative estimate of drug-likeness (QED) is 0.831. The zero-order valence-corrected chi connectivity index (χ0v) is 13.5. The molecule has 0 atom stereocenters. The van der Waals surface area contributed by atoms with E-state index in [2.05, 4.69) is 20.2 Å². The number of nitrogens with zero attached hydrogens (tertiary/aromatic N) is 2. The van der Waals surface area contributed by atoms with Crippen LogP contribution in [0.1, 0.15) is 11.4 Å². The van der Waals surface area contributed by atoms with Crippen molar-refractivity contribution in [1.82, 2.24) is 14.8 Å². The number of sulfonamides is 1. The Kier molecular flexibility index (Phi) is 4.67. The molecule has 0 fully saturated rings. The molecule has 112 valence electrons. The Labute approximate surface area is 132 Å². The first-order valence-corrected chi connectivity index (χ1v) is 8.07. The molecule has 0 amide bonds. The van der Waals surface area contributed by atoms with E-state index in [9.17, 15) is 8.42 Å². The lowest BCUT2D eigenvalue weighted by Gasteiger charge is -2.10. The summed E-state index contributed by atoms with van der Waals surface area (Å²) in [4.78, 5) is 10.2. The van der Waals surface area contributed by atoms with Gasteiger partial charge in [0, 0.05) is 11.4 Å². The molecule has 1 aromatic heterocycles. The van der Waals surface area contributed by atoms with E-state index in [1.54, 1.807) is 19.9 Å². The average Bonchev–Trinajstić information content (AvgIpc) is 2.38. The second-order valence-electron chi connectivity index (χ2n) is 4.26. The standard InChI is InChI=1S/C12H12Cl2N4O2S/c1-7-6-8(2)16-12(15-7)17-18-21(19,20)10-5-3-4-9(13)11(10)14/h3-6,18H,1-2H3,(H,15,16,17). The van der Waals surface area contributed by atoms with Crippen molar-refractivity contribution < 1.29 is 8.42 Å². The molecule has 0 spiro atoms. The maximum absolute atomic E-state index is 12.2. The number of hydrogen-bond donors (Lipinski definition) is 2. The largest absolute Gasteiger partial charge is 0.276 e. The Morgan fingerprint density at radius 1 is 1.10 bits per heavy atom.